The van der Waals surface area contributed by atoms with Crippen LogP contribution in [0.2, 0.25) is 0 Å². The Labute approximate surface area is 92.3 Å². The predicted molar refractivity (Wildman–Crippen MR) is 58.5 cm³/mol. The highest BCUT2D eigenvalue weighted by Crippen LogP contribution is 2.19. The van der Waals surface area contributed by atoms with E-state index in [1.807, 2.05) is 24.3 Å². The van der Waals surface area contributed by atoms with Crippen LogP contribution in [0, 0.1) is 0 Å². The Hall–Kier alpha value is -1.68. The van der Waals surface area contributed by atoms with Gasteiger partial charge in [0.15, 0.2) is 0 Å². The third-order valence-electron chi connectivity index (χ3n) is 3.23. The van der Waals surface area contributed by atoms with Crippen molar-refractivity contribution < 1.29 is 9.90 Å². The quantitative estimate of drug-likeness (QED) is 0.651. The maximum atomic E-state index is 10.9. The van der Waals surface area contributed by atoms with Crippen LogP contribution in [0.1, 0.15) is 6.42 Å². The Morgan fingerprint density at radius 1 is 1.44 bits per heavy atom. The molecule has 2 atom stereocenters. The van der Waals surface area contributed by atoms with Gasteiger partial charge in [0.05, 0.1) is 11.4 Å². The Balaban J connectivity index is 2.09. The van der Waals surface area contributed by atoms with Crippen molar-refractivity contribution in [1.29, 1.82) is 0 Å². The Morgan fingerprint density at radius 3 is 3.06 bits per heavy atom. The van der Waals surface area contributed by atoms with Crippen molar-refractivity contribution >= 4 is 11.5 Å². The molecule has 0 amide bonds. The minimum atomic E-state index is -0.782. The van der Waals surface area contributed by atoms with Crippen LogP contribution in [0.5, 0.6) is 0 Å². The van der Waals surface area contributed by atoms with Gasteiger partial charge in [0.2, 0.25) is 0 Å². The first-order valence-corrected chi connectivity index (χ1v) is 5.38. The van der Waals surface area contributed by atoms with Gasteiger partial charge in [0.1, 0.15) is 6.04 Å². The largest absolute Gasteiger partial charge is 0.480 e. The van der Waals surface area contributed by atoms with Crippen LogP contribution in [0.15, 0.2) is 29.3 Å². The molecule has 0 saturated carbocycles. The molecule has 0 spiro atoms. The zero-order valence-corrected chi connectivity index (χ0v) is 8.68. The summed E-state index contributed by atoms with van der Waals surface area (Å²) in [6, 6.07) is 7.61. The molecule has 0 radical (unpaired) electrons. The lowest BCUT2D eigenvalue weighted by Gasteiger charge is -2.25. The van der Waals surface area contributed by atoms with Crippen LogP contribution < -0.4 is 15.9 Å². The maximum absolute atomic E-state index is 10.9. The van der Waals surface area contributed by atoms with E-state index in [1.165, 1.54) is 5.57 Å². The number of hydrogen-bond donors (Lipinski definition) is 2. The van der Waals surface area contributed by atoms with Crippen LogP contribution in [-0.2, 0) is 4.79 Å². The molecule has 1 aromatic carbocycles. The zero-order chi connectivity index (χ0) is 11.1. The van der Waals surface area contributed by atoms with Crippen molar-refractivity contribution in [3.8, 4) is 0 Å². The average Bonchev–Trinajstić information content (AvgIpc) is 2.66. The summed E-state index contributed by atoms with van der Waals surface area (Å²) in [4.78, 5) is 15.5. The Kier molecular flexibility index (Phi) is 2.04. The fraction of sp³-hybridized carbons (Fsp3) is 0.333. The van der Waals surface area contributed by atoms with Crippen LogP contribution in [-0.4, -0.2) is 29.7 Å². The summed E-state index contributed by atoms with van der Waals surface area (Å²) < 4.78 is 0. The molecule has 2 aliphatic heterocycles. The number of nitrogens with one attached hydrogen (secondary N) is 1. The summed E-state index contributed by atoms with van der Waals surface area (Å²) in [6.45, 7) is 0.626. The van der Waals surface area contributed by atoms with Crippen LogP contribution in [0.3, 0.4) is 0 Å². The van der Waals surface area contributed by atoms with E-state index in [9.17, 15) is 4.79 Å². The van der Waals surface area contributed by atoms with Gasteiger partial charge in [-0.2, -0.15) is 0 Å². The number of nitrogens with zero attached hydrogens (tertiary/aromatic N) is 1. The molecule has 2 N–H and O–H groups in total. The number of rotatable bonds is 1. The summed E-state index contributed by atoms with van der Waals surface area (Å²) in [5.41, 5.74) is 1.17. The van der Waals surface area contributed by atoms with Crippen molar-refractivity contribution in [2.45, 2.75) is 18.5 Å². The first-order chi connectivity index (χ1) is 7.75. The molecule has 4 nitrogen and oxygen atoms in total. The predicted octanol–water partition coefficient (Wildman–Crippen LogP) is -0.714. The second kappa shape index (κ2) is 3.42. The van der Waals surface area contributed by atoms with E-state index in [-0.39, 0.29) is 6.04 Å². The second-order valence-corrected chi connectivity index (χ2v) is 4.19. The number of carboxylic acids is 1. The second-order valence-electron chi connectivity index (χ2n) is 4.19. The number of piperidine rings is 1. The van der Waals surface area contributed by atoms with Crippen molar-refractivity contribution in [2.75, 3.05) is 6.54 Å². The van der Waals surface area contributed by atoms with Crippen molar-refractivity contribution in [2.24, 2.45) is 4.99 Å². The van der Waals surface area contributed by atoms with Crippen LogP contribution in [0.4, 0.5) is 0 Å². The van der Waals surface area contributed by atoms with Gasteiger partial charge < -0.3 is 10.4 Å². The van der Waals surface area contributed by atoms with Gasteiger partial charge in [-0.1, -0.05) is 18.2 Å². The van der Waals surface area contributed by atoms with Gasteiger partial charge in [0.25, 0.3) is 0 Å². The van der Waals surface area contributed by atoms with Crippen molar-refractivity contribution in [1.82, 2.24) is 5.32 Å². The van der Waals surface area contributed by atoms with Gasteiger partial charge in [-0.25, -0.2) is 0 Å². The SMILES string of the molecule is O=C(O)[C@@H]1CC2=c3ccccc3=N[C@@H]2CN1. The number of benzene rings is 1. The summed E-state index contributed by atoms with van der Waals surface area (Å²) >= 11 is 0. The highest BCUT2D eigenvalue weighted by atomic mass is 16.4. The lowest BCUT2D eigenvalue weighted by molar-refractivity contribution is -0.139. The first kappa shape index (κ1) is 9.54. The molecule has 0 aromatic heterocycles. The van der Waals surface area contributed by atoms with Crippen LogP contribution in [0.25, 0.3) is 5.57 Å². The van der Waals surface area contributed by atoms with E-state index in [2.05, 4.69) is 10.3 Å². The number of carbonyl (C=O) groups is 1. The Morgan fingerprint density at radius 2 is 2.25 bits per heavy atom. The summed E-state index contributed by atoms with van der Waals surface area (Å²) in [5, 5.41) is 14.1. The summed E-state index contributed by atoms with van der Waals surface area (Å²) in [5.74, 6) is -0.782. The minimum absolute atomic E-state index is 0.132. The van der Waals surface area contributed by atoms with Gasteiger partial charge >= 0.3 is 5.97 Å². The molecular weight excluding hydrogens is 204 g/mol. The zero-order valence-electron chi connectivity index (χ0n) is 8.68. The standard InChI is InChI=1S/C12H12N2O2/c15-12(16)10-5-8-7-3-1-2-4-9(7)14-11(8)6-13-10/h1-4,10-11,13H,5-6H2,(H,15,16)/t10-,11+/m0/s1. The number of carboxylic acid groups (broad SMARTS) is 1. The third kappa shape index (κ3) is 1.34. The summed E-state index contributed by atoms with van der Waals surface area (Å²) in [7, 11) is 0. The number of aliphatic carboxylic acids is 1. The maximum Gasteiger partial charge on any atom is 0.321 e. The molecule has 0 unspecified atom stereocenters. The number of hydrogen-bond acceptors (Lipinski definition) is 3. The first-order valence-electron chi connectivity index (χ1n) is 5.38. The third-order valence-corrected chi connectivity index (χ3v) is 3.23. The van der Waals surface area contributed by atoms with E-state index >= 15 is 0 Å². The monoisotopic (exact) mass is 216 g/mol. The molecule has 0 aliphatic carbocycles. The van der Waals surface area contributed by atoms with E-state index in [0.717, 1.165) is 10.6 Å². The molecule has 4 heteroatoms. The highest BCUT2D eigenvalue weighted by Gasteiger charge is 2.31. The van der Waals surface area contributed by atoms with Gasteiger partial charge in [-0.15, -0.1) is 0 Å². The average molecular weight is 216 g/mol. The van der Waals surface area contributed by atoms with Gasteiger partial charge in [0, 0.05) is 11.8 Å². The molecule has 2 heterocycles. The molecule has 16 heavy (non-hydrogen) atoms. The highest BCUT2D eigenvalue weighted by molar-refractivity contribution is 5.77. The fourth-order valence-electron chi connectivity index (χ4n) is 2.42. The lowest BCUT2D eigenvalue weighted by atomic mass is 9.94. The van der Waals surface area contributed by atoms with E-state index < -0.39 is 12.0 Å². The molecule has 82 valence electrons. The topological polar surface area (TPSA) is 61.7 Å². The van der Waals surface area contributed by atoms with Gasteiger partial charge in [-0.05, 0) is 18.1 Å². The van der Waals surface area contributed by atoms with Crippen molar-refractivity contribution in [3.63, 3.8) is 0 Å². The lowest BCUT2D eigenvalue weighted by Crippen LogP contribution is -2.46. The normalized spacial score (nSPS) is 26.9. The van der Waals surface area contributed by atoms with E-state index in [4.69, 9.17) is 5.11 Å². The van der Waals surface area contributed by atoms with E-state index in [0.29, 0.717) is 13.0 Å². The molecule has 3 rings (SSSR count). The molecule has 1 fully saturated rings. The van der Waals surface area contributed by atoms with Crippen LogP contribution >= 0.6 is 0 Å². The number of para-hydroxylation sites is 1. The minimum Gasteiger partial charge on any atom is -0.480 e. The van der Waals surface area contributed by atoms with Gasteiger partial charge in [-0.3, -0.25) is 9.79 Å². The summed E-state index contributed by atoms with van der Waals surface area (Å²) in [6.07, 6.45) is 0.556. The molecule has 0 bridgehead atoms. The van der Waals surface area contributed by atoms with Crippen molar-refractivity contribution in [3.05, 3.63) is 34.8 Å². The smallest absolute Gasteiger partial charge is 0.321 e. The van der Waals surface area contributed by atoms with E-state index in [1.54, 1.807) is 0 Å². The molecule has 2 aliphatic rings. The number of fused-ring (bicyclic) bond motifs is 2. The molecular formula is C12H12N2O2. The molecule has 1 saturated heterocycles. The Bertz CT molecular complexity index is 565. The fourth-order valence-corrected chi connectivity index (χ4v) is 2.42. The molecule has 1 aromatic rings.